The SMILES string of the molecule is Cc1ccc(-c2n[nH]c(=S)n2/N=C\c2cc(C(C)(C)C)c(O)c(C(C)(C)C)c2)cc1. The van der Waals surface area contributed by atoms with Crippen LogP contribution < -0.4 is 0 Å². The van der Waals surface area contributed by atoms with Gasteiger partial charge in [0, 0.05) is 16.7 Å². The molecule has 0 saturated carbocycles. The second kappa shape index (κ2) is 7.84. The van der Waals surface area contributed by atoms with Crippen molar-refractivity contribution < 1.29 is 5.11 Å². The number of nitrogens with zero attached hydrogens (tertiary/aromatic N) is 3. The highest BCUT2D eigenvalue weighted by Crippen LogP contribution is 2.39. The molecular weight excluding hydrogens is 392 g/mol. The van der Waals surface area contributed by atoms with E-state index in [1.807, 2.05) is 43.3 Å². The number of nitrogens with one attached hydrogen (secondary N) is 1. The lowest BCUT2D eigenvalue weighted by atomic mass is 9.78. The van der Waals surface area contributed by atoms with E-state index in [-0.39, 0.29) is 10.8 Å². The van der Waals surface area contributed by atoms with Crippen LogP contribution in [0.25, 0.3) is 11.4 Å². The van der Waals surface area contributed by atoms with Crippen molar-refractivity contribution in [2.45, 2.75) is 59.3 Å². The molecule has 0 spiro atoms. The zero-order valence-electron chi connectivity index (χ0n) is 18.7. The summed E-state index contributed by atoms with van der Waals surface area (Å²) in [7, 11) is 0. The summed E-state index contributed by atoms with van der Waals surface area (Å²) < 4.78 is 2.05. The van der Waals surface area contributed by atoms with Gasteiger partial charge in [0.1, 0.15) is 5.75 Å². The van der Waals surface area contributed by atoms with Gasteiger partial charge < -0.3 is 5.11 Å². The Bertz CT molecular complexity index is 1100. The molecule has 1 aromatic heterocycles. The van der Waals surface area contributed by atoms with Crippen molar-refractivity contribution >= 4 is 18.4 Å². The predicted octanol–water partition coefficient (Wildman–Crippen LogP) is 6.10. The number of rotatable bonds is 3. The molecule has 1 heterocycles. The van der Waals surface area contributed by atoms with Gasteiger partial charge in [0.25, 0.3) is 0 Å². The minimum atomic E-state index is -0.201. The van der Waals surface area contributed by atoms with E-state index in [0.29, 0.717) is 16.3 Å². The highest BCUT2D eigenvalue weighted by Gasteiger charge is 2.26. The highest BCUT2D eigenvalue weighted by molar-refractivity contribution is 7.71. The van der Waals surface area contributed by atoms with Gasteiger partial charge in [-0.2, -0.15) is 14.9 Å². The second-order valence-corrected chi connectivity index (χ2v) is 10.1. The van der Waals surface area contributed by atoms with Gasteiger partial charge >= 0.3 is 0 Å². The first kappa shape index (κ1) is 22.0. The van der Waals surface area contributed by atoms with Gasteiger partial charge in [-0.05, 0) is 47.7 Å². The minimum Gasteiger partial charge on any atom is -0.507 e. The number of aromatic hydroxyl groups is 1. The zero-order chi connectivity index (χ0) is 22.3. The first-order chi connectivity index (χ1) is 13.9. The molecule has 3 rings (SSSR count). The van der Waals surface area contributed by atoms with Crippen molar-refractivity contribution in [3.8, 4) is 17.1 Å². The molecule has 2 aromatic carbocycles. The summed E-state index contributed by atoms with van der Waals surface area (Å²) in [6.45, 7) is 14.6. The molecule has 0 fully saturated rings. The molecule has 0 unspecified atom stereocenters. The Morgan fingerprint density at radius 3 is 2.03 bits per heavy atom. The number of aryl methyl sites for hydroxylation is 1. The lowest BCUT2D eigenvalue weighted by Crippen LogP contribution is -2.18. The number of benzene rings is 2. The van der Waals surface area contributed by atoms with Crippen molar-refractivity contribution in [3.63, 3.8) is 0 Å². The van der Waals surface area contributed by atoms with Crippen LogP contribution in [0.5, 0.6) is 5.75 Å². The maximum absolute atomic E-state index is 10.9. The standard InChI is InChI=1S/C24H30N4OS/c1-15-8-10-17(11-9-15)21-26-27-22(30)28(21)25-14-16-12-18(23(2,3)4)20(29)19(13-16)24(5,6)7/h8-14,29H,1-7H3,(H,27,30)/b25-14-. The largest absolute Gasteiger partial charge is 0.507 e. The normalized spacial score (nSPS) is 12.6. The first-order valence-electron chi connectivity index (χ1n) is 10.0. The monoisotopic (exact) mass is 422 g/mol. The van der Waals surface area contributed by atoms with Crippen LogP contribution in [0, 0.1) is 11.7 Å². The van der Waals surface area contributed by atoms with Gasteiger partial charge in [0.05, 0.1) is 6.21 Å². The van der Waals surface area contributed by atoms with Gasteiger partial charge in [-0.25, -0.2) is 5.10 Å². The molecule has 6 heteroatoms. The molecule has 0 amide bonds. The van der Waals surface area contributed by atoms with Gasteiger partial charge in [0.2, 0.25) is 4.77 Å². The second-order valence-electron chi connectivity index (χ2n) is 9.74. The molecule has 0 atom stereocenters. The Kier molecular flexibility index (Phi) is 5.74. The number of aromatic amines is 1. The summed E-state index contributed by atoms with van der Waals surface area (Å²) in [4.78, 5) is 0. The third-order valence-corrected chi connectivity index (χ3v) is 5.29. The summed E-state index contributed by atoms with van der Waals surface area (Å²) in [5, 5.41) is 22.7. The molecule has 0 aliphatic heterocycles. The summed E-state index contributed by atoms with van der Waals surface area (Å²) >= 11 is 5.40. The molecule has 0 radical (unpaired) electrons. The molecule has 0 aliphatic rings. The Morgan fingerprint density at radius 2 is 1.53 bits per heavy atom. The van der Waals surface area contributed by atoms with E-state index < -0.39 is 0 Å². The summed E-state index contributed by atoms with van der Waals surface area (Å²) in [5.41, 5.74) is 4.40. The fourth-order valence-electron chi connectivity index (χ4n) is 3.29. The third kappa shape index (κ3) is 4.54. The van der Waals surface area contributed by atoms with Crippen LogP contribution in [0.15, 0.2) is 41.5 Å². The smallest absolute Gasteiger partial charge is 0.216 e. The van der Waals surface area contributed by atoms with Crippen molar-refractivity contribution in [1.29, 1.82) is 0 Å². The Morgan fingerprint density at radius 1 is 1.00 bits per heavy atom. The highest BCUT2D eigenvalue weighted by atomic mass is 32.1. The fraction of sp³-hybridized carbons (Fsp3) is 0.375. The van der Waals surface area contributed by atoms with E-state index in [1.165, 1.54) is 5.56 Å². The summed E-state index contributed by atoms with van der Waals surface area (Å²) in [5.74, 6) is 1.01. The molecule has 5 nitrogen and oxygen atoms in total. The molecule has 2 N–H and O–H groups in total. The van der Waals surface area contributed by atoms with Crippen LogP contribution in [0.4, 0.5) is 0 Å². The number of phenols is 1. The molecule has 0 bridgehead atoms. The molecule has 158 valence electrons. The van der Waals surface area contributed by atoms with Gasteiger partial charge in [-0.1, -0.05) is 71.4 Å². The lowest BCUT2D eigenvalue weighted by Gasteiger charge is -2.27. The summed E-state index contributed by atoms with van der Waals surface area (Å²) in [6.07, 6.45) is 1.77. The van der Waals surface area contributed by atoms with Crippen LogP contribution in [-0.2, 0) is 10.8 Å². The van der Waals surface area contributed by atoms with E-state index in [9.17, 15) is 5.11 Å². The van der Waals surface area contributed by atoms with E-state index in [0.717, 1.165) is 22.3 Å². The predicted molar refractivity (Wildman–Crippen MR) is 126 cm³/mol. The van der Waals surface area contributed by atoms with Crippen LogP contribution in [-0.4, -0.2) is 26.2 Å². The van der Waals surface area contributed by atoms with E-state index in [2.05, 4.69) is 56.8 Å². The average Bonchev–Trinajstić information content (AvgIpc) is 3.00. The number of phenolic OH excluding ortho intramolecular Hbond substituents is 1. The van der Waals surface area contributed by atoms with E-state index in [1.54, 1.807) is 10.9 Å². The summed E-state index contributed by atoms with van der Waals surface area (Å²) in [6, 6.07) is 12.1. The first-order valence-corrected chi connectivity index (χ1v) is 10.5. The van der Waals surface area contributed by atoms with Crippen molar-refractivity contribution in [2.75, 3.05) is 0 Å². The zero-order valence-corrected chi connectivity index (χ0v) is 19.6. The lowest BCUT2D eigenvalue weighted by molar-refractivity contribution is 0.423. The number of hydrogen-bond donors (Lipinski definition) is 2. The van der Waals surface area contributed by atoms with Gasteiger partial charge in [-0.15, -0.1) is 0 Å². The Hall–Kier alpha value is -2.73. The number of H-pyrrole nitrogens is 1. The van der Waals surface area contributed by atoms with Gasteiger partial charge in [-0.3, -0.25) is 0 Å². The van der Waals surface area contributed by atoms with Crippen molar-refractivity contribution in [3.05, 3.63) is 63.4 Å². The van der Waals surface area contributed by atoms with E-state index >= 15 is 0 Å². The maximum Gasteiger partial charge on any atom is 0.216 e. The topological polar surface area (TPSA) is 66.2 Å². The number of hydrogen-bond acceptors (Lipinski definition) is 4. The van der Waals surface area contributed by atoms with Crippen molar-refractivity contribution in [1.82, 2.24) is 14.9 Å². The quantitative estimate of drug-likeness (QED) is 0.396. The fourth-order valence-corrected chi connectivity index (χ4v) is 3.47. The van der Waals surface area contributed by atoms with Crippen LogP contribution in [0.2, 0.25) is 0 Å². The van der Waals surface area contributed by atoms with Crippen molar-refractivity contribution in [2.24, 2.45) is 5.10 Å². The van der Waals surface area contributed by atoms with Gasteiger partial charge in [0.15, 0.2) is 5.82 Å². The Balaban J connectivity index is 2.10. The van der Waals surface area contributed by atoms with Crippen LogP contribution >= 0.6 is 12.2 Å². The molecule has 0 saturated heterocycles. The van der Waals surface area contributed by atoms with Crippen LogP contribution in [0.1, 0.15) is 63.8 Å². The number of aromatic nitrogens is 3. The molecular formula is C24H30N4OS. The van der Waals surface area contributed by atoms with E-state index in [4.69, 9.17) is 12.2 Å². The average molecular weight is 423 g/mol. The Labute approximate surface area is 183 Å². The molecule has 3 aromatic rings. The van der Waals surface area contributed by atoms with Crippen LogP contribution in [0.3, 0.4) is 0 Å². The maximum atomic E-state index is 10.9. The molecule has 30 heavy (non-hydrogen) atoms. The third-order valence-electron chi connectivity index (χ3n) is 5.03. The minimum absolute atomic E-state index is 0.201. The molecule has 0 aliphatic carbocycles.